The molecule has 126 valence electrons. The third-order valence-corrected chi connectivity index (χ3v) is 6.15. The van der Waals surface area contributed by atoms with Crippen LogP contribution in [0.4, 0.5) is 0 Å². The summed E-state index contributed by atoms with van der Waals surface area (Å²) in [4.78, 5) is 0. The van der Waals surface area contributed by atoms with Gasteiger partial charge in [-0.2, -0.15) is 0 Å². The van der Waals surface area contributed by atoms with Crippen LogP contribution in [0.2, 0.25) is 0 Å². The second-order valence-electron chi connectivity index (χ2n) is 7.81. The van der Waals surface area contributed by atoms with Gasteiger partial charge in [0.15, 0.2) is 0 Å². The van der Waals surface area contributed by atoms with Crippen LogP contribution in [0, 0.1) is 23.7 Å². The molecule has 2 aliphatic rings. The molecule has 0 nitrogen and oxygen atoms in total. The van der Waals surface area contributed by atoms with E-state index in [0.717, 1.165) is 23.7 Å². The predicted octanol–water partition coefficient (Wildman–Crippen LogP) is 7.31. The zero-order valence-corrected chi connectivity index (χ0v) is 15.1. The summed E-state index contributed by atoms with van der Waals surface area (Å²) in [7, 11) is 0. The van der Waals surface area contributed by atoms with Gasteiger partial charge in [0.25, 0.3) is 0 Å². The quantitative estimate of drug-likeness (QED) is 0.432. The molecule has 0 N–H and O–H groups in total. The molecule has 0 aromatic heterocycles. The fourth-order valence-electron chi connectivity index (χ4n) is 4.41. The van der Waals surface area contributed by atoms with E-state index in [4.69, 9.17) is 0 Å². The Kier molecular flexibility index (Phi) is 8.34. The Hall–Kier alpha value is -0.520. The Morgan fingerprint density at radius 1 is 0.682 bits per heavy atom. The molecule has 0 heterocycles. The van der Waals surface area contributed by atoms with Gasteiger partial charge in [0, 0.05) is 0 Å². The van der Waals surface area contributed by atoms with E-state index >= 15 is 0 Å². The molecule has 0 aromatic carbocycles. The Morgan fingerprint density at radius 3 is 1.77 bits per heavy atom. The summed E-state index contributed by atoms with van der Waals surface area (Å²) >= 11 is 0. The van der Waals surface area contributed by atoms with E-state index in [-0.39, 0.29) is 0 Å². The highest BCUT2D eigenvalue weighted by Crippen LogP contribution is 2.34. The molecule has 0 aromatic rings. The smallest absolute Gasteiger partial charge is 0.0233 e. The average molecular weight is 303 g/mol. The van der Waals surface area contributed by atoms with Gasteiger partial charge in [0.1, 0.15) is 0 Å². The van der Waals surface area contributed by atoms with Crippen molar-refractivity contribution in [3.05, 3.63) is 24.3 Å². The second kappa shape index (κ2) is 10.3. The molecule has 0 bridgehead atoms. The molecule has 2 rings (SSSR count). The van der Waals surface area contributed by atoms with Crippen molar-refractivity contribution in [2.24, 2.45) is 23.7 Å². The van der Waals surface area contributed by atoms with E-state index in [2.05, 4.69) is 38.2 Å². The maximum atomic E-state index is 2.55. The minimum absolute atomic E-state index is 0.873. The molecule has 0 amide bonds. The van der Waals surface area contributed by atoms with Crippen LogP contribution in [0.25, 0.3) is 0 Å². The standard InChI is InChI=1S/C22H38/c1-3-5-8-20-15-17-22(18-16-20)10-7-6-9-21-13-11-19(4-2)12-14-21/h5,7-8,10,19-22H,3-4,6,9,11-18H2,1-2H3/t19-,20-,21-,22-. The van der Waals surface area contributed by atoms with Gasteiger partial charge < -0.3 is 0 Å². The van der Waals surface area contributed by atoms with E-state index in [1.165, 1.54) is 77.0 Å². The summed E-state index contributed by atoms with van der Waals surface area (Å²) in [5.74, 6) is 3.83. The zero-order valence-electron chi connectivity index (χ0n) is 15.1. The van der Waals surface area contributed by atoms with Gasteiger partial charge in [-0.15, -0.1) is 0 Å². The second-order valence-corrected chi connectivity index (χ2v) is 7.81. The summed E-state index contributed by atoms with van der Waals surface area (Å²) in [5.41, 5.74) is 0. The average Bonchev–Trinajstić information content (AvgIpc) is 2.58. The van der Waals surface area contributed by atoms with Crippen molar-refractivity contribution in [1.29, 1.82) is 0 Å². The van der Waals surface area contributed by atoms with Crippen molar-refractivity contribution in [3.63, 3.8) is 0 Å². The van der Waals surface area contributed by atoms with Crippen molar-refractivity contribution >= 4 is 0 Å². The van der Waals surface area contributed by atoms with Gasteiger partial charge in [-0.25, -0.2) is 0 Å². The number of allylic oxidation sites excluding steroid dienone is 4. The Balaban J connectivity index is 1.56. The van der Waals surface area contributed by atoms with Gasteiger partial charge in [0.2, 0.25) is 0 Å². The fraction of sp³-hybridized carbons (Fsp3) is 0.818. The van der Waals surface area contributed by atoms with Crippen LogP contribution in [0.3, 0.4) is 0 Å². The Bertz CT molecular complexity index is 322. The van der Waals surface area contributed by atoms with E-state index in [9.17, 15) is 0 Å². The zero-order chi connectivity index (χ0) is 15.6. The first-order valence-corrected chi connectivity index (χ1v) is 10.1. The van der Waals surface area contributed by atoms with Crippen LogP contribution in [0.1, 0.15) is 90.9 Å². The van der Waals surface area contributed by atoms with E-state index in [0.29, 0.717) is 0 Å². The predicted molar refractivity (Wildman–Crippen MR) is 99.0 cm³/mol. The Labute approximate surface area is 139 Å². The highest BCUT2D eigenvalue weighted by Gasteiger charge is 2.19. The molecule has 0 aliphatic heterocycles. The van der Waals surface area contributed by atoms with Crippen LogP contribution >= 0.6 is 0 Å². The maximum absolute atomic E-state index is 2.55. The minimum Gasteiger partial charge on any atom is -0.0885 e. The lowest BCUT2D eigenvalue weighted by molar-refractivity contribution is 0.259. The highest BCUT2D eigenvalue weighted by atomic mass is 14.3. The topological polar surface area (TPSA) is 0 Å². The summed E-state index contributed by atoms with van der Waals surface area (Å²) in [6, 6.07) is 0. The Morgan fingerprint density at radius 2 is 1.23 bits per heavy atom. The number of rotatable bonds is 7. The lowest BCUT2D eigenvalue weighted by Gasteiger charge is -2.27. The van der Waals surface area contributed by atoms with Crippen molar-refractivity contribution in [2.75, 3.05) is 0 Å². The largest absolute Gasteiger partial charge is 0.0885 e. The summed E-state index contributed by atoms with van der Waals surface area (Å²) in [6.45, 7) is 4.60. The molecule has 2 aliphatic carbocycles. The van der Waals surface area contributed by atoms with Gasteiger partial charge in [-0.05, 0) is 68.6 Å². The third-order valence-electron chi connectivity index (χ3n) is 6.15. The maximum Gasteiger partial charge on any atom is -0.0233 e. The highest BCUT2D eigenvalue weighted by molar-refractivity contribution is 4.96. The molecule has 2 fully saturated rings. The van der Waals surface area contributed by atoms with Crippen molar-refractivity contribution in [1.82, 2.24) is 0 Å². The van der Waals surface area contributed by atoms with Gasteiger partial charge in [-0.3, -0.25) is 0 Å². The van der Waals surface area contributed by atoms with Gasteiger partial charge in [0.05, 0.1) is 0 Å². The van der Waals surface area contributed by atoms with E-state index in [1.54, 1.807) is 0 Å². The van der Waals surface area contributed by atoms with Crippen LogP contribution in [-0.2, 0) is 0 Å². The van der Waals surface area contributed by atoms with Crippen LogP contribution in [-0.4, -0.2) is 0 Å². The summed E-state index contributed by atoms with van der Waals surface area (Å²) in [5, 5.41) is 0. The number of hydrogen-bond acceptors (Lipinski definition) is 0. The molecule has 0 saturated heterocycles. The lowest BCUT2D eigenvalue weighted by atomic mass is 9.79. The van der Waals surface area contributed by atoms with Crippen molar-refractivity contribution in [3.8, 4) is 0 Å². The van der Waals surface area contributed by atoms with E-state index in [1.807, 2.05) is 0 Å². The first-order chi connectivity index (χ1) is 10.8. The van der Waals surface area contributed by atoms with Gasteiger partial charge in [-0.1, -0.05) is 70.3 Å². The molecule has 0 atom stereocenters. The molecule has 0 heteroatoms. The van der Waals surface area contributed by atoms with E-state index < -0.39 is 0 Å². The molecule has 0 unspecified atom stereocenters. The molecule has 22 heavy (non-hydrogen) atoms. The summed E-state index contributed by atoms with van der Waals surface area (Å²) in [6.07, 6.45) is 26.9. The fourth-order valence-corrected chi connectivity index (χ4v) is 4.41. The van der Waals surface area contributed by atoms with Crippen LogP contribution < -0.4 is 0 Å². The van der Waals surface area contributed by atoms with Gasteiger partial charge >= 0.3 is 0 Å². The molecule has 2 saturated carbocycles. The first-order valence-electron chi connectivity index (χ1n) is 10.1. The molecular weight excluding hydrogens is 264 g/mol. The molecular formula is C22H38. The minimum atomic E-state index is 0.873. The van der Waals surface area contributed by atoms with Crippen LogP contribution in [0.15, 0.2) is 24.3 Å². The van der Waals surface area contributed by atoms with Crippen LogP contribution in [0.5, 0.6) is 0 Å². The number of hydrogen-bond donors (Lipinski definition) is 0. The first kappa shape index (κ1) is 17.8. The third kappa shape index (κ3) is 6.31. The SMILES string of the molecule is CCC=C[C@H]1CC[C@H](C=CCC[C@H]2CC[C@H](CC)CC2)CC1. The molecule has 0 spiro atoms. The summed E-state index contributed by atoms with van der Waals surface area (Å²) < 4.78 is 0. The van der Waals surface area contributed by atoms with Crippen molar-refractivity contribution in [2.45, 2.75) is 90.9 Å². The lowest BCUT2D eigenvalue weighted by Crippen LogP contribution is -2.13. The monoisotopic (exact) mass is 302 g/mol. The van der Waals surface area contributed by atoms with Crippen molar-refractivity contribution < 1.29 is 0 Å². The normalized spacial score (nSPS) is 33.7. The molecule has 0 radical (unpaired) electrons.